The quantitative estimate of drug-likeness (QED) is 0.790. The number of benzene rings is 1. The van der Waals surface area contributed by atoms with E-state index in [-0.39, 0.29) is 18.1 Å². The molecule has 0 unspecified atom stereocenters. The fraction of sp³-hybridized carbons (Fsp3) is 0.231. The molecule has 1 aromatic carbocycles. The molecule has 0 saturated carbocycles. The standard InChI is InChI=1S/C13H13FN2O3/c1-2-11(17)15-6-9-8-5-7(14)3-4-10(8)16-12(9)13(18)19/h3-5,16H,2,6H2,1H3,(H,15,17)(H,18,19). The molecule has 0 aliphatic rings. The topological polar surface area (TPSA) is 82.2 Å². The average molecular weight is 264 g/mol. The lowest BCUT2D eigenvalue weighted by Gasteiger charge is -2.04. The van der Waals surface area contributed by atoms with Gasteiger partial charge in [-0.1, -0.05) is 6.92 Å². The Kier molecular flexibility index (Phi) is 3.50. The zero-order valence-electron chi connectivity index (χ0n) is 10.3. The van der Waals surface area contributed by atoms with Crippen LogP contribution in [0.5, 0.6) is 0 Å². The van der Waals surface area contributed by atoms with E-state index in [1.807, 2.05) is 0 Å². The fourth-order valence-corrected chi connectivity index (χ4v) is 1.90. The molecular weight excluding hydrogens is 251 g/mol. The molecule has 5 nitrogen and oxygen atoms in total. The maximum Gasteiger partial charge on any atom is 0.352 e. The Morgan fingerprint density at radius 2 is 2.16 bits per heavy atom. The van der Waals surface area contributed by atoms with Gasteiger partial charge in [-0.05, 0) is 18.2 Å². The van der Waals surface area contributed by atoms with E-state index in [1.54, 1.807) is 6.92 Å². The van der Waals surface area contributed by atoms with Crippen molar-refractivity contribution >= 4 is 22.8 Å². The Hall–Kier alpha value is -2.37. The number of aromatic nitrogens is 1. The van der Waals surface area contributed by atoms with Crippen molar-refractivity contribution in [2.45, 2.75) is 19.9 Å². The van der Waals surface area contributed by atoms with Gasteiger partial charge < -0.3 is 15.4 Å². The Labute approximate surface area is 108 Å². The Morgan fingerprint density at radius 3 is 2.79 bits per heavy atom. The van der Waals surface area contributed by atoms with E-state index >= 15 is 0 Å². The fourth-order valence-electron chi connectivity index (χ4n) is 1.90. The number of hydrogen-bond donors (Lipinski definition) is 3. The van der Waals surface area contributed by atoms with Crippen molar-refractivity contribution in [3.8, 4) is 0 Å². The highest BCUT2D eigenvalue weighted by atomic mass is 19.1. The molecule has 0 aliphatic carbocycles. The van der Waals surface area contributed by atoms with Gasteiger partial charge in [-0.3, -0.25) is 4.79 Å². The normalized spacial score (nSPS) is 10.6. The van der Waals surface area contributed by atoms with Gasteiger partial charge >= 0.3 is 5.97 Å². The smallest absolute Gasteiger partial charge is 0.352 e. The number of carboxylic acids is 1. The summed E-state index contributed by atoms with van der Waals surface area (Å²) < 4.78 is 13.2. The van der Waals surface area contributed by atoms with E-state index in [0.717, 1.165) is 0 Å². The van der Waals surface area contributed by atoms with Crippen molar-refractivity contribution in [1.29, 1.82) is 0 Å². The molecule has 0 radical (unpaired) electrons. The molecule has 0 bridgehead atoms. The molecular formula is C13H13FN2O3. The van der Waals surface area contributed by atoms with Gasteiger partial charge in [0.25, 0.3) is 0 Å². The zero-order valence-corrected chi connectivity index (χ0v) is 10.3. The van der Waals surface area contributed by atoms with E-state index in [0.29, 0.717) is 22.9 Å². The first kappa shape index (κ1) is 13.1. The molecule has 6 heteroatoms. The first-order chi connectivity index (χ1) is 9.02. The second-order valence-electron chi connectivity index (χ2n) is 4.10. The number of H-pyrrole nitrogens is 1. The number of hydrogen-bond acceptors (Lipinski definition) is 2. The van der Waals surface area contributed by atoms with Gasteiger partial charge in [-0.25, -0.2) is 9.18 Å². The second kappa shape index (κ2) is 5.09. The number of amides is 1. The summed E-state index contributed by atoms with van der Waals surface area (Å²) >= 11 is 0. The maximum absolute atomic E-state index is 13.2. The van der Waals surface area contributed by atoms with Gasteiger partial charge in [-0.15, -0.1) is 0 Å². The number of carbonyl (C=O) groups is 2. The third kappa shape index (κ3) is 2.57. The summed E-state index contributed by atoms with van der Waals surface area (Å²) in [6, 6.07) is 3.98. The summed E-state index contributed by atoms with van der Waals surface area (Å²) in [5, 5.41) is 12.2. The van der Waals surface area contributed by atoms with Crippen LogP contribution >= 0.6 is 0 Å². The van der Waals surface area contributed by atoms with Crippen LogP contribution in [0.4, 0.5) is 4.39 Å². The lowest BCUT2D eigenvalue weighted by molar-refractivity contribution is -0.120. The number of halogens is 1. The summed E-state index contributed by atoms with van der Waals surface area (Å²) in [6.07, 6.45) is 0.305. The molecule has 100 valence electrons. The summed E-state index contributed by atoms with van der Waals surface area (Å²) in [4.78, 5) is 25.1. The monoisotopic (exact) mass is 264 g/mol. The summed E-state index contributed by atoms with van der Waals surface area (Å²) in [5.41, 5.74) is 0.875. The van der Waals surface area contributed by atoms with Crippen LogP contribution in [0.15, 0.2) is 18.2 Å². The second-order valence-corrected chi connectivity index (χ2v) is 4.10. The molecule has 0 fully saturated rings. The number of aromatic amines is 1. The summed E-state index contributed by atoms with van der Waals surface area (Å²) in [5.74, 6) is -1.79. The molecule has 1 heterocycles. The Balaban J connectivity index is 2.48. The highest BCUT2D eigenvalue weighted by Crippen LogP contribution is 2.23. The molecule has 1 amide bonds. The highest BCUT2D eigenvalue weighted by molar-refractivity contribution is 5.97. The molecule has 2 rings (SSSR count). The molecule has 3 N–H and O–H groups in total. The molecule has 2 aromatic rings. The molecule has 0 aliphatic heterocycles. The SMILES string of the molecule is CCC(=O)NCc1c(C(=O)O)[nH]c2ccc(F)cc12. The van der Waals surface area contributed by atoms with E-state index < -0.39 is 11.8 Å². The van der Waals surface area contributed by atoms with Crippen LogP contribution in [0.1, 0.15) is 29.4 Å². The van der Waals surface area contributed by atoms with Gasteiger partial charge in [0.15, 0.2) is 0 Å². The van der Waals surface area contributed by atoms with Crippen LogP contribution in [0.25, 0.3) is 10.9 Å². The minimum absolute atomic E-state index is 0.0306. The molecule has 1 aromatic heterocycles. The van der Waals surface area contributed by atoms with E-state index in [9.17, 15) is 14.0 Å². The van der Waals surface area contributed by atoms with E-state index in [4.69, 9.17) is 5.11 Å². The molecule has 0 atom stereocenters. The van der Waals surface area contributed by atoms with Gasteiger partial charge in [-0.2, -0.15) is 0 Å². The van der Waals surface area contributed by atoms with Gasteiger partial charge in [0, 0.05) is 29.4 Å². The largest absolute Gasteiger partial charge is 0.477 e. The predicted molar refractivity (Wildman–Crippen MR) is 67.4 cm³/mol. The Bertz CT molecular complexity index is 649. The third-order valence-electron chi connectivity index (χ3n) is 2.87. The van der Waals surface area contributed by atoms with Crippen LogP contribution in [0.3, 0.4) is 0 Å². The first-order valence-corrected chi connectivity index (χ1v) is 5.83. The van der Waals surface area contributed by atoms with Crippen LogP contribution in [0.2, 0.25) is 0 Å². The van der Waals surface area contributed by atoms with Crippen LogP contribution < -0.4 is 5.32 Å². The van der Waals surface area contributed by atoms with Crippen molar-refractivity contribution in [2.75, 3.05) is 0 Å². The van der Waals surface area contributed by atoms with Crippen molar-refractivity contribution < 1.29 is 19.1 Å². The Morgan fingerprint density at radius 1 is 1.42 bits per heavy atom. The maximum atomic E-state index is 13.2. The zero-order chi connectivity index (χ0) is 14.0. The molecule has 19 heavy (non-hydrogen) atoms. The predicted octanol–water partition coefficient (Wildman–Crippen LogP) is 2.03. The van der Waals surface area contributed by atoms with Crippen molar-refractivity contribution in [1.82, 2.24) is 10.3 Å². The minimum Gasteiger partial charge on any atom is -0.477 e. The lowest BCUT2D eigenvalue weighted by atomic mass is 10.1. The number of rotatable bonds is 4. The first-order valence-electron chi connectivity index (χ1n) is 5.83. The molecule has 0 spiro atoms. The minimum atomic E-state index is -1.14. The van der Waals surface area contributed by atoms with Crippen LogP contribution in [-0.2, 0) is 11.3 Å². The van der Waals surface area contributed by atoms with Crippen molar-refractivity contribution in [3.63, 3.8) is 0 Å². The highest BCUT2D eigenvalue weighted by Gasteiger charge is 2.17. The van der Waals surface area contributed by atoms with Crippen LogP contribution in [0, 0.1) is 5.82 Å². The average Bonchev–Trinajstić information content (AvgIpc) is 2.74. The van der Waals surface area contributed by atoms with Crippen LogP contribution in [-0.4, -0.2) is 22.0 Å². The lowest BCUT2D eigenvalue weighted by Crippen LogP contribution is -2.22. The van der Waals surface area contributed by atoms with Gasteiger partial charge in [0.2, 0.25) is 5.91 Å². The number of aromatic carboxylic acids is 1. The summed E-state index contributed by atoms with van der Waals surface area (Å²) in [7, 11) is 0. The number of fused-ring (bicyclic) bond motifs is 1. The number of carbonyl (C=O) groups excluding carboxylic acids is 1. The molecule has 0 saturated heterocycles. The number of nitrogens with one attached hydrogen (secondary N) is 2. The van der Waals surface area contributed by atoms with Crippen molar-refractivity contribution in [2.24, 2.45) is 0 Å². The summed E-state index contributed by atoms with van der Waals surface area (Å²) in [6.45, 7) is 1.75. The number of carboxylic acid groups (broad SMARTS) is 1. The van der Waals surface area contributed by atoms with Gasteiger partial charge in [0.05, 0.1) is 0 Å². The van der Waals surface area contributed by atoms with E-state index in [2.05, 4.69) is 10.3 Å². The third-order valence-corrected chi connectivity index (χ3v) is 2.87. The van der Waals surface area contributed by atoms with Crippen molar-refractivity contribution in [3.05, 3.63) is 35.3 Å². The van der Waals surface area contributed by atoms with E-state index in [1.165, 1.54) is 18.2 Å². The van der Waals surface area contributed by atoms with Gasteiger partial charge in [0.1, 0.15) is 11.5 Å².